The van der Waals surface area contributed by atoms with E-state index in [0.717, 1.165) is 45.7 Å². The monoisotopic (exact) mass is 434 g/mol. The number of carbonyl (C=O) groups is 1. The third-order valence-corrected chi connectivity index (χ3v) is 6.68. The summed E-state index contributed by atoms with van der Waals surface area (Å²) in [6.45, 7) is 0. The standard InChI is InChI=1S/C30H30N2O/c33-30(31-25-19-11-4-12-20-25)28-26(21-22-13-5-1-6-14-22)32-29(24-17-9-3-10-18-24)27(28)23-15-7-2-8-16-23/h2-4,7-12,15-20,22,32H,1,5-6,13-14,21H2,(H,31,33). The summed E-state index contributed by atoms with van der Waals surface area (Å²) in [5, 5.41) is 3.15. The molecule has 0 bridgehead atoms. The second-order valence-corrected chi connectivity index (χ2v) is 8.99. The van der Waals surface area contributed by atoms with Gasteiger partial charge in [0.2, 0.25) is 0 Å². The minimum atomic E-state index is -0.0516. The number of carbonyl (C=O) groups excluding carboxylic acids is 1. The molecule has 3 aromatic carbocycles. The molecule has 0 atom stereocenters. The fourth-order valence-corrected chi connectivity index (χ4v) is 5.07. The van der Waals surface area contributed by atoms with E-state index in [9.17, 15) is 4.79 Å². The average Bonchev–Trinajstić information content (AvgIpc) is 3.25. The quantitative estimate of drug-likeness (QED) is 0.320. The van der Waals surface area contributed by atoms with Crippen LogP contribution in [0.25, 0.3) is 22.4 Å². The molecule has 4 aromatic rings. The highest BCUT2D eigenvalue weighted by Gasteiger charge is 2.27. The van der Waals surface area contributed by atoms with Crippen LogP contribution in [0.4, 0.5) is 5.69 Å². The normalized spacial score (nSPS) is 14.2. The smallest absolute Gasteiger partial charge is 0.258 e. The van der Waals surface area contributed by atoms with Gasteiger partial charge in [0.05, 0.1) is 11.3 Å². The lowest BCUT2D eigenvalue weighted by molar-refractivity contribution is 0.102. The first-order valence-electron chi connectivity index (χ1n) is 12.0. The minimum Gasteiger partial charge on any atom is -0.357 e. The lowest BCUT2D eigenvalue weighted by atomic mass is 9.85. The van der Waals surface area contributed by atoms with E-state index >= 15 is 0 Å². The first-order chi connectivity index (χ1) is 16.3. The van der Waals surface area contributed by atoms with Crippen molar-refractivity contribution in [2.45, 2.75) is 38.5 Å². The molecule has 5 rings (SSSR count). The molecule has 0 aliphatic heterocycles. The molecule has 1 aliphatic rings. The van der Waals surface area contributed by atoms with Gasteiger partial charge < -0.3 is 10.3 Å². The average molecular weight is 435 g/mol. The van der Waals surface area contributed by atoms with E-state index in [1.807, 2.05) is 54.6 Å². The van der Waals surface area contributed by atoms with Crippen LogP contribution in [-0.4, -0.2) is 10.9 Å². The van der Waals surface area contributed by atoms with Crippen LogP contribution in [0.1, 0.15) is 48.2 Å². The summed E-state index contributed by atoms with van der Waals surface area (Å²) in [5.74, 6) is 0.567. The molecule has 1 saturated carbocycles. The van der Waals surface area contributed by atoms with Crippen LogP contribution in [0, 0.1) is 5.92 Å². The maximum atomic E-state index is 13.8. The van der Waals surface area contributed by atoms with Gasteiger partial charge in [0.25, 0.3) is 5.91 Å². The summed E-state index contributed by atoms with van der Waals surface area (Å²) in [4.78, 5) is 17.5. The molecule has 33 heavy (non-hydrogen) atoms. The Labute approximate surface area is 195 Å². The van der Waals surface area contributed by atoms with Crippen LogP contribution in [0.5, 0.6) is 0 Å². The Morgan fingerprint density at radius 2 is 1.33 bits per heavy atom. The molecule has 2 N–H and O–H groups in total. The van der Waals surface area contributed by atoms with Crippen molar-refractivity contribution in [3.05, 3.63) is 102 Å². The van der Waals surface area contributed by atoms with E-state index < -0.39 is 0 Å². The number of benzene rings is 3. The number of hydrogen-bond donors (Lipinski definition) is 2. The number of hydrogen-bond acceptors (Lipinski definition) is 1. The zero-order chi connectivity index (χ0) is 22.5. The highest BCUT2D eigenvalue weighted by molar-refractivity contribution is 6.12. The second kappa shape index (κ2) is 9.91. The zero-order valence-corrected chi connectivity index (χ0v) is 18.9. The molecule has 1 amide bonds. The van der Waals surface area contributed by atoms with E-state index in [4.69, 9.17) is 0 Å². The molecule has 166 valence electrons. The van der Waals surface area contributed by atoms with Crippen LogP contribution in [0.3, 0.4) is 0 Å². The molecule has 0 spiro atoms. The third kappa shape index (κ3) is 4.78. The van der Waals surface area contributed by atoms with Crippen molar-refractivity contribution in [3.63, 3.8) is 0 Å². The molecule has 3 nitrogen and oxygen atoms in total. The van der Waals surface area contributed by atoms with Crippen molar-refractivity contribution < 1.29 is 4.79 Å². The number of aromatic amines is 1. The summed E-state index contributed by atoms with van der Waals surface area (Å²) >= 11 is 0. The van der Waals surface area contributed by atoms with Crippen LogP contribution in [0.15, 0.2) is 91.0 Å². The van der Waals surface area contributed by atoms with Crippen LogP contribution in [0.2, 0.25) is 0 Å². The van der Waals surface area contributed by atoms with Gasteiger partial charge in [-0.15, -0.1) is 0 Å². The summed E-state index contributed by atoms with van der Waals surface area (Å²) in [5.41, 5.74) is 6.79. The van der Waals surface area contributed by atoms with Gasteiger partial charge in [-0.1, -0.05) is 111 Å². The van der Waals surface area contributed by atoms with Gasteiger partial charge >= 0.3 is 0 Å². The maximum absolute atomic E-state index is 13.8. The van der Waals surface area contributed by atoms with E-state index in [0.29, 0.717) is 5.92 Å². The van der Waals surface area contributed by atoms with Crippen LogP contribution in [-0.2, 0) is 6.42 Å². The first-order valence-corrected chi connectivity index (χ1v) is 12.0. The highest BCUT2D eigenvalue weighted by atomic mass is 16.1. The van der Waals surface area contributed by atoms with Gasteiger partial charge in [0, 0.05) is 16.9 Å². The van der Waals surface area contributed by atoms with Crippen molar-refractivity contribution in [1.82, 2.24) is 4.98 Å². The van der Waals surface area contributed by atoms with E-state index in [1.165, 1.54) is 32.1 Å². The summed E-state index contributed by atoms with van der Waals surface area (Å²) in [6.07, 6.45) is 7.28. The van der Waals surface area contributed by atoms with E-state index in [1.54, 1.807) is 0 Å². The first kappa shape index (κ1) is 21.3. The Morgan fingerprint density at radius 3 is 1.97 bits per heavy atom. The highest BCUT2D eigenvalue weighted by Crippen LogP contribution is 2.39. The second-order valence-electron chi connectivity index (χ2n) is 8.99. The Kier molecular flexibility index (Phi) is 6.39. The van der Waals surface area contributed by atoms with Gasteiger partial charge in [-0.05, 0) is 35.6 Å². The summed E-state index contributed by atoms with van der Waals surface area (Å²) in [7, 11) is 0. The number of rotatable bonds is 6. The van der Waals surface area contributed by atoms with E-state index in [-0.39, 0.29) is 5.91 Å². The molecule has 3 heteroatoms. The molecule has 1 aliphatic carbocycles. The Hall–Kier alpha value is -3.59. The molecule has 1 heterocycles. The number of nitrogens with one attached hydrogen (secondary N) is 2. The summed E-state index contributed by atoms with van der Waals surface area (Å²) < 4.78 is 0. The fraction of sp³-hybridized carbons (Fsp3) is 0.233. The van der Waals surface area contributed by atoms with Crippen LogP contribution < -0.4 is 5.32 Å². The predicted molar refractivity (Wildman–Crippen MR) is 136 cm³/mol. The van der Waals surface area contributed by atoms with Crippen molar-refractivity contribution >= 4 is 11.6 Å². The van der Waals surface area contributed by atoms with Crippen LogP contribution >= 0.6 is 0 Å². The van der Waals surface area contributed by atoms with E-state index in [2.05, 4.69) is 46.7 Å². The molecular weight excluding hydrogens is 404 g/mol. The fourth-order valence-electron chi connectivity index (χ4n) is 5.07. The Bertz CT molecular complexity index is 1190. The molecule has 1 fully saturated rings. The minimum absolute atomic E-state index is 0.0516. The topological polar surface area (TPSA) is 44.9 Å². The van der Waals surface area contributed by atoms with Gasteiger partial charge in [-0.2, -0.15) is 0 Å². The largest absolute Gasteiger partial charge is 0.357 e. The molecule has 0 saturated heterocycles. The predicted octanol–water partition coefficient (Wildman–Crippen LogP) is 7.72. The van der Waals surface area contributed by atoms with Gasteiger partial charge in [-0.25, -0.2) is 0 Å². The number of aromatic nitrogens is 1. The summed E-state index contributed by atoms with van der Waals surface area (Å²) in [6, 6.07) is 30.4. The molecule has 0 radical (unpaired) electrons. The number of para-hydroxylation sites is 1. The lowest BCUT2D eigenvalue weighted by Gasteiger charge is -2.21. The number of anilines is 1. The Morgan fingerprint density at radius 1 is 0.758 bits per heavy atom. The van der Waals surface area contributed by atoms with Gasteiger partial charge in [0.1, 0.15) is 0 Å². The molecule has 1 aromatic heterocycles. The lowest BCUT2D eigenvalue weighted by Crippen LogP contribution is -2.17. The molecule has 0 unspecified atom stereocenters. The number of H-pyrrole nitrogens is 1. The van der Waals surface area contributed by atoms with Crippen molar-refractivity contribution in [2.24, 2.45) is 5.92 Å². The van der Waals surface area contributed by atoms with Crippen molar-refractivity contribution in [3.8, 4) is 22.4 Å². The third-order valence-electron chi connectivity index (χ3n) is 6.68. The molecular formula is C30H30N2O. The van der Waals surface area contributed by atoms with Gasteiger partial charge in [-0.3, -0.25) is 4.79 Å². The maximum Gasteiger partial charge on any atom is 0.258 e. The Balaban J connectivity index is 1.65. The number of amides is 1. The zero-order valence-electron chi connectivity index (χ0n) is 18.9. The van der Waals surface area contributed by atoms with Crippen molar-refractivity contribution in [1.29, 1.82) is 0 Å². The SMILES string of the molecule is O=C(Nc1ccccc1)c1c(CC2CCCCC2)[nH]c(-c2ccccc2)c1-c1ccccc1. The van der Waals surface area contributed by atoms with Crippen molar-refractivity contribution in [2.75, 3.05) is 5.32 Å². The van der Waals surface area contributed by atoms with Gasteiger partial charge in [0.15, 0.2) is 0 Å².